The molecule has 0 aromatic heterocycles. The van der Waals surface area contributed by atoms with Crippen molar-refractivity contribution >= 4 is 11.9 Å². The number of ether oxygens (including phenoxy) is 1. The van der Waals surface area contributed by atoms with E-state index < -0.39 is 40.1 Å². The third-order valence-electron chi connectivity index (χ3n) is 5.72. The minimum Gasteiger partial charge on any atom is -0.478 e. The van der Waals surface area contributed by atoms with Gasteiger partial charge in [-0.05, 0) is 40.3 Å². The maximum atomic E-state index is 14.7. The van der Waals surface area contributed by atoms with Crippen molar-refractivity contribution in [1.82, 2.24) is 5.34 Å². The number of carboxylic acid groups (broad SMARTS) is 1. The highest BCUT2D eigenvalue weighted by Gasteiger charge is 2.69. The topological polar surface area (TPSA) is 66.8 Å². The fourth-order valence-corrected chi connectivity index (χ4v) is 4.01. The van der Waals surface area contributed by atoms with Gasteiger partial charge in [-0.3, -0.25) is 0 Å². The zero-order chi connectivity index (χ0) is 24.7. The molecule has 4 rings (SSSR count). The van der Waals surface area contributed by atoms with Gasteiger partial charge < -0.3 is 9.84 Å². The number of carboxylic acids is 1. The summed E-state index contributed by atoms with van der Waals surface area (Å²) in [7, 11) is 0. The zero-order valence-electron chi connectivity index (χ0n) is 17.3. The fourth-order valence-electron chi connectivity index (χ4n) is 4.01. The number of aliphatic carboxylic acids is 1. The Hall–Kier alpha value is -3.79. The first-order valence-electron chi connectivity index (χ1n) is 9.96. The Morgan fingerprint density at radius 3 is 2.26 bits per heavy atom. The molecule has 1 aliphatic carbocycles. The Bertz CT molecular complexity index is 1280. The van der Waals surface area contributed by atoms with Gasteiger partial charge in [0, 0.05) is 5.56 Å². The minimum atomic E-state index is -5.41. The Balaban J connectivity index is 1.62. The summed E-state index contributed by atoms with van der Waals surface area (Å²) >= 11 is 0. The second kappa shape index (κ2) is 8.53. The molecule has 1 aliphatic rings. The van der Waals surface area contributed by atoms with Gasteiger partial charge in [0.05, 0.1) is 10.9 Å². The Labute approximate surface area is 189 Å². The van der Waals surface area contributed by atoms with E-state index in [0.29, 0.717) is 18.1 Å². The predicted octanol–water partition coefficient (Wildman–Crippen LogP) is 5.53. The minimum absolute atomic E-state index is 0.325. The molecule has 1 atom stereocenters. The third kappa shape index (κ3) is 3.60. The smallest absolute Gasteiger partial charge is 0.382 e. The Morgan fingerprint density at radius 1 is 0.912 bits per heavy atom. The molecule has 176 valence electrons. The van der Waals surface area contributed by atoms with Crippen molar-refractivity contribution in [3.8, 4) is 11.1 Å². The van der Waals surface area contributed by atoms with Gasteiger partial charge in [-0.25, -0.2) is 14.0 Å². The number of carbonyl (C=O) groups excluding carboxylic acids is 1. The Morgan fingerprint density at radius 2 is 1.56 bits per heavy atom. The van der Waals surface area contributed by atoms with E-state index in [2.05, 4.69) is 0 Å². The molecule has 0 bridgehead atoms. The maximum absolute atomic E-state index is 14.7. The van der Waals surface area contributed by atoms with E-state index in [1.165, 1.54) is 0 Å². The van der Waals surface area contributed by atoms with Crippen LogP contribution in [0.2, 0.25) is 0 Å². The highest BCUT2D eigenvalue weighted by atomic mass is 19.4. The third-order valence-corrected chi connectivity index (χ3v) is 5.72. The standard InChI is InChI=1S/C24H16F5NO4/c25-23(26,24(27,22(32)33)30(28)29)20-11-4-3-9-18(20)21(31)34-13-15-7-5-10-17-16-8-2-1-6-14(16)12-19(15)17/h1-11H,12-13H2,(H,32,33). The van der Waals surface area contributed by atoms with Crippen molar-refractivity contribution in [2.45, 2.75) is 24.7 Å². The van der Waals surface area contributed by atoms with Crippen molar-refractivity contribution in [2.24, 2.45) is 0 Å². The predicted molar refractivity (Wildman–Crippen MR) is 110 cm³/mol. The number of benzene rings is 3. The largest absolute Gasteiger partial charge is 0.478 e. The summed E-state index contributed by atoms with van der Waals surface area (Å²) in [5.74, 6) is -15.2. The number of carbonyl (C=O) groups is 2. The van der Waals surface area contributed by atoms with Gasteiger partial charge >= 0.3 is 23.7 Å². The molecule has 0 spiro atoms. The van der Waals surface area contributed by atoms with Gasteiger partial charge in [-0.15, -0.1) is 0 Å². The van der Waals surface area contributed by atoms with Crippen molar-refractivity contribution in [1.29, 1.82) is 0 Å². The van der Waals surface area contributed by atoms with E-state index in [1.807, 2.05) is 30.3 Å². The molecule has 10 heteroatoms. The second-order valence-electron chi connectivity index (χ2n) is 7.63. The van der Waals surface area contributed by atoms with Crippen LogP contribution in [0.1, 0.15) is 32.6 Å². The summed E-state index contributed by atoms with van der Waals surface area (Å²) in [4.78, 5) is 23.6. The molecule has 0 saturated carbocycles. The van der Waals surface area contributed by atoms with E-state index in [-0.39, 0.29) is 6.61 Å². The van der Waals surface area contributed by atoms with Crippen LogP contribution in [0.25, 0.3) is 11.1 Å². The molecular formula is C24H16F5NO4. The van der Waals surface area contributed by atoms with Crippen LogP contribution in [0.4, 0.5) is 22.1 Å². The van der Waals surface area contributed by atoms with Gasteiger partial charge in [0.15, 0.2) is 0 Å². The van der Waals surface area contributed by atoms with Crippen LogP contribution in [0, 0.1) is 0 Å². The molecule has 34 heavy (non-hydrogen) atoms. The number of halogens is 5. The first kappa shape index (κ1) is 23.4. The number of hydrogen-bond acceptors (Lipinski definition) is 4. The summed E-state index contributed by atoms with van der Waals surface area (Å²) in [6, 6.07) is 16.4. The quantitative estimate of drug-likeness (QED) is 0.164. The van der Waals surface area contributed by atoms with Crippen LogP contribution < -0.4 is 0 Å². The number of esters is 1. The van der Waals surface area contributed by atoms with Crippen LogP contribution in [-0.4, -0.2) is 28.2 Å². The molecule has 0 fully saturated rings. The molecule has 0 amide bonds. The molecule has 0 aliphatic heterocycles. The lowest BCUT2D eigenvalue weighted by atomic mass is 9.94. The maximum Gasteiger partial charge on any atom is 0.382 e. The summed E-state index contributed by atoms with van der Waals surface area (Å²) in [6.07, 6.45) is 0.569. The van der Waals surface area contributed by atoms with E-state index in [4.69, 9.17) is 9.84 Å². The van der Waals surface area contributed by atoms with Crippen LogP contribution in [-0.2, 0) is 28.5 Å². The molecular weight excluding hydrogens is 461 g/mol. The molecule has 3 aromatic rings. The Kier molecular flexibility index (Phi) is 5.86. The summed E-state index contributed by atoms with van der Waals surface area (Å²) in [5.41, 5.74) is 2.03. The lowest BCUT2D eigenvalue weighted by molar-refractivity contribution is -0.340. The lowest BCUT2D eigenvalue weighted by Crippen LogP contribution is -2.56. The van der Waals surface area contributed by atoms with Gasteiger partial charge in [-0.1, -0.05) is 69.6 Å². The van der Waals surface area contributed by atoms with Gasteiger partial charge in [0.2, 0.25) is 0 Å². The number of alkyl halides is 3. The first-order valence-corrected chi connectivity index (χ1v) is 9.96. The molecule has 1 unspecified atom stereocenters. The van der Waals surface area contributed by atoms with Gasteiger partial charge in [-0.2, -0.15) is 8.78 Å². The van der Waals surface area contributed by atoms with Crippen LogP contribution in [0.5, 0.6) is 0 Å². The monoisotopic (exact) mass is 477 g/mol. The molecule has 5 nitrogen and oxygen atoms in total. The molecule has 3 aromatic carbocycles. The molecule has 1 N–H and O–H groups in total. The first-order chi connectivity index (χ1) is 16.1. The number of hydrogen-bond donors (Lipinski definition) is 1. The molecule has 0 radical (unpaired) electrons. The number of nitrogens with zero attached hydrogens (tertiary/aromatic N) is 1. The van der Waals surface area contributed by atoms with Gasteiger partial charge in [0.1, 0.15) is 6.61 Å². The average molecular weight is 477 g/mol. The van der Waals surface area contributed by atoms with E-state index >= 15 is 0 Å². The summed E-state index contributed by atoms with van der Waals surface area (Å²) < 4.78 is 74.9. The molecule has 0 saturated heterocycles. The van der Waals surface area contributed by atoms with Crippen molar-refractivity contribution in [2.75, 3.05) is 0 Å². The number of rotatable bonds is 7. The van der Waals surface area contributed by atoms with E-state index in [9.17, 15) is 31.7 Å². The molecule has 0 heterocycles. The SMILES string of the molecule is O=C(OCc1cccc2c1Cc1ccccc1-2)c1ccccc1C(F)(F)C(F)(C(=O)O)N(F)F. The average Bonchev–Trinajstić information content (AvgIpc) is 3.21. The highest BCUT2D eigenvalue weighted by molar-refractivity contribution is 5.92. The van der Waals surface area contributed by atoms with E-state index in [0.717, 1.165) is 40.5 Å². The fraction of sp³-hybridized carbons (Fsp3) is 0.167. The van der Waals surface area contributed by atoms with Crippen LogP contribution in [0.15, 0.2) is 66.7 Å². The summed E-state index contributed by atoms with van der Waals surface area (Å²) in [5, 5.41) is 6.02. The van der Waals surface area contributed by atoms with Crippen LogP contribution in [0.3, 0.4) is 0 Å². The van der Waals surface area contributed by atoms with Crippen LogP contribution >= 0.6 is 0 Å². The summed E-state index contributed by atoms with van der Waals surface area (Å²) in [6.45, 7) is -0.325. The zero-order valence-corrected chi connectivity index (χ0v) is 17.3. The highest BCUT2D eigenvalue weighted by Crippen LogP contribution is 2.46. The van der Waals surface area contributed by atoms with E-state index in [1.54, 1.807) is 12.1 Å². The van der Waals surface area contributed by atoms with Crippen molar-refractivity contribution in [3.05, 3.63) is 94.5 Å². The van der Waals surface area contributed by atoms with Gasteiger partial charge in [0.25, 0.3) is 0 Å². The number of fused-ring (bicyclic) bond motifs is 3. The second-order valence-corrected chi connectivity index (χ2v) is 7.63. The normalized spacial score (nSPS) is 14.3. The lowest BCUT2D eigenvalue weighted by Gasteiger charge is -2.30. The van der Waals surface area contributed by atoms with Crippen molar-refractivity contribution < 1.29 is 41.6 Å². The van der Waals surface area contributed by atoms with Crippen molar-refractivity contribution in [3.63, 3.8) is 0 Å².